The molecule has 2 heterocycles. The first-order valence-corrected chi connectivity index (χ1v) is 9.01. The molecule has 1 fully saturated rings. The summed E-state index contributed by atoms with van der Waals surface area (Å²) in [4.78, 5) is 12.4. The number of halogens is 1. The van der Waals surface area contributed by atoms with Crippen LogP contribution >= 0.6 is 0 Å². The fourth-order valence-corrected chi connectivity index (χ4v) is 3.05. The quantitative estimate of drug-likeness (QED) is 0.611. The molecule has 0 saturated carbocycles. The third-order valence-corrected chi connectivity index (χ3v) is 4.49. The number of ether oxygens (including phenoxy) is 1. The van der Waals surface area contributed by atoms with Crippen LogP contribution in [-0.2, 0) is 6.61 Å². The summed E-state index contributed by atoms with van der Waals surface area (Å²) in [6, 6.07) is 19.2. The summed E-state index contributed by atoms with van der Waals surface area (Å²) in [6.07, 6.45) is 0.513. The van der Waals surface area contributed by atoms with E-state index in [2.05, 4.69) is 16.2 Å². The molecule has 4 rings (SSSR count). The highest BCUT2D eigenvalue weighted by molar-refractivity contribution is 5.91. The van der Waals surface area contributed by atoms with E-state index in [-0.39, 0.29) is 36.3 Å². The lowest BCUT2D eigenvalue weighted by atomic mass is 10.0. The highest BCUT2D eigenvalue weighted by atomic mass is 19.1. The largest absolute Gasteiger partial charge is 0.486 e. The molecular formula is C21H20FN3O3. The molecule has 7 heteroatoms. The minimum Gasteiger partial charge on any atom is -0.486 e. The molecule has 0 aliphatic carbocycles. The Morgan fingerprint density at radius 3 is 2.64 bits per heavy atom. The third kappa shape index (κ3) is 4.39. The number of amides is 1. The van der Waals surface area contributed by atoms with Gasteiger partial charge in [-0.25, -0.2) is 15.2 Å². The highest BCUT2D eigenvalue weighted by Gasteiger charge is 2.27. The molecule has 2 unspecified atom stereocenters. The van der Waals surface area contributed by atoms with Crippen molar-refractivity contribution in [3.63, 3.8) is 0 Å². The minimum atomic E-state index is -0.325. The van der Waals surface area contributed by atoms with Gasteiger partial charge in [-0.15, -0.1) is 0 Å². The predicted octanol–water partition coefficient (Wildman–Crippen LogP) is 3.29. The van der Waals surface area contributed by atoms with E-state index in [9.17, 15) is 9.18 Å². The molecule has 3 N–H and O–H groups in total. The smallest absolute Gasteiger partial charge is 0.288 e. The maximum atomic E-state index is 12.9. The van der Waals surface area contributed by atoms with Crippen LogP contribution < -0.4 is 20.9 Å². The number of carbonyl (C=O) groups is 1. The lowest BCUT2D eigenvalue weighted by molar-refractivity contribution is 0.0900. The van der Waals surface area contributed by atoms with Crippen molar-refractivity contribution in [1.82, 2.24) is 16.2 Å². The van der Waals surface area contributed by atoms with Crippen molar-refractivity contribution in [2.24, 2.45) is 0 Å². The van der Waals surface area contributed by atoms with Crippen LogP contribution in [0, 0.1) is 5.82 Å². The number of hydrogen-bond acceptors (Lipinski definition) is 5. The Hall–Kier alpha value is -3.16. The van der Waals surface area contributed by atoms with E-state index in [1.54, 1.807) is 12.1 Å². The van der Waals surface area contributed by atoms with Crippen molar-refractivity contribution >= 4 is 5.91 Å². The van der Waals surface area contributed by atoms with Crippen LogP contribution in [0.25, 0.3) is 0 Å². The molecule has 1 aliphatic heterocycles. The van der Waals surface area contributed by atoms with Gasteiger partial charge in [0.2, 0.25) is 0 Å². The number of benzene rings is 2. The van der Waals surface area contributed by atoms with E-state index in [1.807, 2.05) is 30.3 Å². The average Bonchev–Trinajstić information content (AvgIpc) is 3.38. The highest BCUT2D eigenvalue weighted by Crippen LogP contribution is 2.21. The summed E-state index contributed by atoms with van der Waals surface area (Å²) in [5, 5.41) is 2.90. The summed E-state index contributed by atoms with van der Waals surface area (Å²) < 4.78 is 24.0. The molecule has 1 aliphatic rings. The maximum absolute atomic E-state index is 12.9. The molecule has 2 aromatic carbocycles. The zero-order valence-corrected chi connectivity index (χ0v) is 15.0. The Kier molecular flexibility index (Phi) is 5.36. The van der Waals surface area contributed by atoms with Crippen LogP contribution in [0.1, 0.15) is 34.3 Å². The number of carbonyl (C=O) groups excluding carboxylic acids is 1. The van der Waals surface area contributed by atoms with Gasteiger partial charge >= 0.3 is 0 Å². The zero-order chi connectivity index (χ0) is 19.3. The number of hydrazine groups is 1. The summed E-state index contributed by atoms with van der Waals surface area (Å²) in [7, 11) is 0. The van der Waals surface area contributed by atoms with Crippen molar-refractivity contribution in [3.05, 3.63) is 89.6 Å². The minimum absolute atomic E-state index is 0.128. The van der Waals surface area contributed by atoms with Crippen molar-refractivity contribution in [3.8, 4) is 5.75 Å². The van der Waals surface area contributed by atoms with Gasteiger partial charge in [-0.05, 0) is 42.0 Å². The van der Waals surface area contributed by atoms with Crippen molar-refractivity contribution in [2.45, 2.75) is 25.2 Å². The van der Waals surface area contributed by atoms with Gasteiger partial charge in [0, 0.05) is 12.5 Å². The van der Waals surface area contributed by atoms with Crippen molar-refractivity contribution in [1.29, 1.82) is 0 Å². The first-order valence-electron chi connectivity index (χ1n) is 9.01. The molecule has 2 atom stereocenters. The van der Waals surface area contributed by atoms with E-state index in [0.29, 0.717) is 11.5 Å². The van der Waals surface area contributed by atoms with E-state index >= 15 is 0 Å². The van der Waals surface area contributed by atoms with Crippen molar-refractivity contribution in [2.75, 3.05) is 0 Å². The topological polar surface area (TPSA) is 75.5 Å². The second-order valence-corrected chi connectivity index (χ2v) is 6.52. The zero-order valence-electron chi connectivity index (χ0n) is 15.0. The molecular weight excluding hydrogens is 361 g/mol. The van der Waals surface area contributed by atoms with Crippen LogP contribution in [0.2, 0.25) is 0 Å². The molecule has 6 nitrogen and oxygen atoms in total. The molecule has 3 aromatic rings. The van der Waals surface area contributed by atoms with Gasteiger partial charge in [-0.3, -0.25) is 4.79 Å². The van der Waals surface area contributed by atoms with Gasteiger partial charge in [0.1, 0.15) is 23.9 Å². The summed E-state index contributed by atoms with van der Waals surface area (Å²) in [5.74, 6) is 0.615. The standard InChI is InChI=1S/C21H20FN3O3/c22-15-6-8-16(9-7-15)27-13-17-10-11-19(28-17)21(26)23-20-12-18(24-25-20)14-4-2-1-3-5-14/h1-11,18,20,24-25H,12-13H2,(H,23,26). The van der Waals surface area contributed by atoms with E-state index < -0.39 is 0 Å². The van der Waals surface area contributed by atoms with Gasteiger partial charge in [-0.1, -0.05) is 30.3 Å². The maximum Gasteiger partial charge on any atom is 0.288 e. The number of rotatable bonds is 6. The molecule has 0 bridgehead atoms. The predicted molar refractivity (Wildman–Crippen MR) is 101 cm³/mol. The van der Waals surface area contributed by atoms with E-state index in [4.69, 9.17) is 9.15 Å². The Morgan fingerprint density at radius 2 is 1.86 bits per heavy atom. The SMILES string of the molecule is O=C(NC1CC(c2ccccc2)NN1)c1ccc(COc2ccc(F)cc2)o1. The van der Waals surface area contributed by atoms with Gasteiger partial charge in [0.05, 0.1) is 6.17 Å². The molecule has 0 spiro atoms. The third-order valence-electron chi connectivity index (χ3n) is 4.49. The molecule has 0 radical (unpaired) electrons. The lowest BCUT2D eigenvalue weighted by Crippen LogP contribution is -2.44. The summed E-state index contributed by atoms with van der Waals surface area (Å²) in [6.45, 7) is 0.151. The Bertz CT molecular complexity index is 928. The number of furan rings is 1. The molecule has 1 amide bonds. The van der Waals surface area contributed by atoms with Crippen LogP contribution in [0.3, 0.4) is 0 Å². The first-order chi connectivity index (χ1) is 13.7. The van der Waals surface area contributed by atoms with Crippen molar-refractivity contribution < 1.29 is 18.3 Å². The number of nitrogens with one attached hydrogen (secondary N) is 3. The molecule has 1 aromatic heterocycles. The van der Waals surface area contributed by atoms with Crippen LogP contribution in [-0.4, -0.2) is 12.1 Å². The average molecular weight is 381 g/mol. The van der Waals surface area contributed by atoms with Crippen LogP contribution in [0.15, 0.2) is 71.1 Å². The van der Waals surface area contributed by atoms with E-state index in [0.717, 1.165) is 12.0 Å². The normalized spacial score (nSPS) is 18.8. The lowest BCUT2D eigenvalue weighted by Gasteiger charge is -2.11. The summed E-state index contributed by atoms with van der Waals surface area (Å²) in [5.41, 5.74) is 7.43. The van der Waals surface area contributed by atoms with Crippen LogP contribution in [0.4, 0.5) is 4.39 Å². The molecule has 144 valence electrons. The Labute approximate surface area is 161 Å². The van der Waals surface area contributed by atoms with Gasteiger partial charge in [0.15, 0.2) is 5.76 Å². The van der Waals surface area contributed by atoms with Gasteiger partial charge < -0.3 is 14.5 Å². The fraction of sp³-hybridized carbons (Fsp3) is 0.190. The molecule has 1 saturated heterocycles. The first kappa shape index (κ1) is 18.2. The second-order valence-electron chi connectivity index (χ2n) is 6.52. The van der Waals surface area contributed by atoms with Gasteiger partial charge in [0.25, 0.3) is 5.91 Å². The monoisotopic (exact) mass is 381 g/mol. The second kappa shape index (κ2) is 8.24. The summed E-state index contributed by atoms with van der Waals surface area (Å²) >= 11 is 0. The Balaban J connectivity index is 1.29. The Morgan fingerprint density at radius 1 is 1.07 bits per heavy atom. The number of hydrogen-bond donors (Lipinski definition) is 3. The van der Waals surface area contributed by atoms with Crippen LogP contribution in [0.5, 0.6) is 5.75 Å². The fourth-order valence-electron chi connectivity index (χ4n) is 3.05. The van der Waals surface area contributed by atoms with E-state index in [1.165, 1.54) is 24.3 Å². The van der Waals surface area contributed by atoms with Gasteiger partial charge in [-0.2, -0.15) is 0 Å². The molecule has 28 heavy (non-hydrogen) atoms.